The third kappa shape index (κ3) is 2.65. The topological polar surface area (TPSA) is 26.9 Å². The van der Waals surface area contributed by atoms with E-state index in [4.69, 9.17) is 11.6 Å². The van der Waals surface area contributed by atoms with Crippen molar-refractivity contribution in [1.82, 2.24) is 0 Å². The molecule has 0 fully saturated rings. The largest absolute Gasteiger partial charge is 0.618 e. The molecule has 0 spiro atoms. The minimum Gasteiger partial charge on any atom is -0.618 e. The molecule has 3 aromatic carbocycles. The summed E-state index contributed by atoms with van der Waals surface area (Å²) in [7, 11) is 0. The molecule has 0 saturated heterocycles. The standard InChI is InChI=1S/C22H16ClNO/c1-15-19-13-12-18(23)14-20(19)21(16-8-4-2-5-9-16)22(24(15)25)17-10-6-3-7-11-17/h2-14H,1H3. The third-order valence-corrected chi connectivity index (χ3v) is 4.73. The predicted octanol–water partition coefficient (Wildman–Crippen LogP) is 5.77. The molecule has 25 heavy (non-hydrogen) atoms. The van der Waals surface area contributed by atoms with Crippen LogP contribution in [0.15, 0.2) is 78.9 Å². The molecule has 0 N–H and O–H groups in total. The molecule has 1 aromatic heterocycles. The number of fused-ring (bicyclic) bond motifs is 1. The maximum atomic E-state index is 13.1. The summed E-state index contributed by atoms with van der Waals surface area (Å²) in [6, 6.07) is 25.4. The molecule has 0 atom stereocenters. The zero-order valence-electron chi connectivity index (χ0n) is 13.7. The fourth-order valence-electron chi connectivity index (χ4n) is 3.30. The summed E-state index contributed by atoms with van der Waals surface area (Å²) in [5, 5.41) is 15.7. The number of benzene rings is 3. The number of rotatable bonds is 2. The van der Waals surface area contributed by atoms with Crippen LogP contribution in [0.1, 0.15) is 5.69 Å². The van der Waals surface area contributed by atoms with Crippen LogP contribution in [0.4, 0.5) is 0 Å². The summed E-state index contributed by atoms with van der Waals surface area (Å²) in [5.74, 6) is 0. The Labute approximate surface area is 151 Å². The van der Waals surface area contributed by atoms with Crippen molar-refractivity contribution in [1.29, 1.82) is 0 Å². The van der Waals surface area contributed by atoms with Crippen LogP contribution in [0.2, 0.25) is 5.02 Å². The van der Waals surface area contributed by atoms with Gasteiger partial charge in [-0.25, -0.2) is 0 Å². The minimum atomic E-state index is 0.652. The minimum absolute atomic E-state index is 0.652. The van der Waals surface area contributed by atoms with E-state index in [-0.39, 0.29) is 0 Å². The Bertz CT molecular complexity index is 1060. The van der Waals surface area contributed by atoms with Gasteiger partial charge in [0.15, 0.2) is 5.69 Å². The fourth-order valence-corrected chi connectivity index (χ4v) is 3.47. The first kappa shape index (κ1) is 15.7. The van der Waals surface area contributed by atoms with Crippen molar-refractivity contribution in [2.45, 2.75) is 6.92 Å². The number of aromatic nitrogens is 1. The molecule has 0 saturated carbocycles. The Balaban J connectivity index is 2.22. The van der Waals surface area contributed by atoms with Gasteiger partial charge in [0, 0.05) is 22.9 Å². The van der Waals surface area contributed by atoms with Crippen molar-refractivity contribution in [2.24, 2.45) is 0 Å². The zero-order valence-corrected chi connectivity index (χ0v) is 14.5. The van der Waals surface area contributed by atoms with E-state index in [1.165, 1.54) is 0 Å². The Morgan fingerprint density at radius 1 is 0.760 bits per heavy atom. The molecule has 2 nitrogen and oxygen atoms in total. The second-order valence-corrected chi connectivity index (χ2v) is 6.46. The molecule has 0 radical (unpaired) electrons. The van der Waals surface area contributed by atoms with Crippen LogP contribution in [0, 0.1) is 12.1 Å². The lowest BCUT2D eigenvalue weighted by atomic mass is 9.93. The summed E-state index contributed by atoms with van der Waals surface area (Å²) >= 11 is 6.28. The quantitative estimate of drug-likeness (QED) is 0.334. The molecule has 0 bridgehead atoms. The van der Waals surface area contributed by atoms with E-state index in [1.54, 1.807) is 0 Å². The average molecular weight is 346 g/mol. The van der Waals surface area contributed by atoms with E-state index in [0.717, 1.165) is 32.2 Å². The molecular weight excluding hydrogens is 330 g/mol. The van der Waals surface area contributed by atoms with Gasteiger partial charge in [-0.2, -0.15) is 4.73 Å². The maximum absolute atomic E-state index is 13.1. The third-order valence-electron chi connectivity index (χ3n) is 4.49. The summed E-state index contributed by atoms with van der Waals surface area (Å²) in [4.78, 5) is 0. The summed E-state index contributed by atoms with van der Waals surface area (Å²) in [6.07, 6.45) is 0. The fraction of sp³-hybridized carbons (Fsp3) is 0.0455. The van der Waals surface area contributed by atoms with Crippen LogP contribution in [0.5, 0.6) is 0 Å². The first-order valence-corrected chi connectivity index (χ1v) is 8.51. The molecule has 122 valence electrons. The highest BCUT2D eigenvalue weighted by molar-refractivity contribution is 6.31. The second-order valence-electron chi connectivity index (χ2n) is 6.03. The number of nitrogens with zero attached hydrogens (tertiary/aromatic N) is 1. The van der Waals surface area contributed by atoms with Gasteiger partial charge in [0.1, 0.15) is 0 Å². The van der Waals surface area contributed by atoms with Gasteiger partial charge in [-0.15, -0.1) is 0 Å². The zero-order chi connectivity index (χ0) is 17.4. The van der Waals surface area contributed by atoms with Crippen LogP contribution in [0.25, 0.3) is 33.2 Å². The van der Waals surface area contributed by atoms with Gasteiger partial charge in [0.05, 0.1) is 10.9 Å². The van der Waals surface area contributed by atoms with Crippen molar-refractivity contribution in [2.75, 3.05) is 0 Å². The highest BCUT2D eigenvalue weighted by atomic mass is 35.5. The molecule has 0 amide bonds. The van der Waals surface area contributed by atoms with E-state index in [0.29, 0.717) is 16.4 Å². The van der Waals surface area contributed by atoms with Gasteiger partial charge < -0.3 is 5.21 Å². The number of halogens is 1. The molecule has 0 aliphatic carbocycles. The van der Waals surface area contributed by atoms with Crippen molar-refractivity contribution >= 4 is 22.4 Å². The molecule has 0 aliphatic heterocycles. The molecule has 0 aliphatic rings. The van der Waals surface area contributed by atoms with Crippen LogP contribution in [-0.4, -0.2) is 0 Å². The first-order chi connectivity index (χ1) is 12.2. The van der Waals surface area contributed by atoms with E-state index in [2.05, 4.69) is 0 Å². The highest BCUT2D eigenvalue weighted by Gasteiger charge is 2.23. The molecule has 4 rings (SSSR count). The van der Waals surface area contributed by atoms with Crippen LogP contribution < -0.4 is 4.73 Å². The van der Waals surface area contributed by atoms with Crippen LogP contribution >= 0.6 is 11.6 Å². The highest BCUT2D eigenvalue weighted by Crippen LogP contribution is 2.37. The number of hydrogen-bond acceptors (Lipinski definition) is 1. The predicted molar refractivity (Wildman–Crippen MR) is 104 cm³/mol. The van der Waals surface area contributed by atoms with Gasteiger partial charge in [0.25, 0.3) is 0 Å². The van der Waals surface area contributed by atoms with Crippen LogP contribution in [0.3, 0.4) is 0 Å². The number of hydrogen-bond donors (Lipinski definition) is 0. The Morgan fingerprint density at radius 3 is 2.00 bits per heavy atom. The van der Waals surface area contributed by atoms with Crippen molar-refractivity contribution in [3.8, 4) is 22.4 Å². The van der Waals surface area contributed by atoms with E-state index < -0.39 is 0 Å². The number of aryl methyl sites for hydroxylation is 1. The lowest BCUT2D eigenvalue weighted by molar-refractivity contribution is -0.598. The van der Waals surface area contributed by atoms with Gasteiger partial charge in [-0.3, -0.25) is 0 Å². The normalized spacial score (nSPS) is 11.0. The summed E-state index contributed by atoms with van der Waals surface area (Å²) < 4.78 is 1.04. The van der Waals surface area contributed by atoms with Gasteiger partial charge in [-0.05, 0) is 35.9 Å². The van der Waals surface area contributed by atoms with Gasteiger partial charge >= 0.3 is 0 Å². The average Bonchev–Trinajstić information content (AvgIpc) is 2.65. The SMILES string of the molecule is Cc1c2ccc(Cl)cc2c(-c2ccccc2)c(-c2ccccc2)[n+]1[O-]. The monoisotopic (exact) mass is 345 g/mol. The van der Waals surface area contributed by atoms with Crippen LogP contribution in [-0.2, 0) is 0 Å². The van der Waals surface area contributed by atoms with Crippen molar-refractivity contribution < 1.29 is 4.73 Å². The van der Waals surface area contributed by atoms with Crippen molar-refractivity contribution in [3.63, 3.8) is 0 Å². The Hall–Kier alpha value is -2.84. The first-order valence-electron chi connectivity index (χ1n) is 8.13. The molecule has 3 heteroatoms. The van der Waals surface area contributed by atoms with E-state index in [9.17, 15) is 5.21 Å². The summed E-state index contributed by atoms with van der Waals surface area (Å²) in [6.45, 7) is 1.85. The van der Waals surface area contributed by atoms with E-state index >= 15 is 0 Å². The second kappa shape index (κ2) is 6.23. The Morgan fingerprint density at radius 2 is 1.36 bits per heavy atom. The smallest absolute Gasteiger partial charge is 0.232 e. The van der Waals surface area contributed by atoms with E-state index in [1.807, 2.05) is 85.8 Å². The van der Waals surface area contributed by atoms with Gasteiger partial charge in [0.2, 0.25) is 5.69 Å². The molecular formula is C22H16ClNO. The summed E-state index contributed by atoms with van der Waals surface area (Å²) in [5.41, 5.74) is 4.12. The lowest BCUT2D eigenvalue weighted by Gasteiger charge is -2.16. The lowest BCUT2D eigenvalue weighted by Crippen LogP contribution is -2.34. The maximum Gasteiger partial charge on any atom is 0.232 e. The molecule has 4 aromatic rings. The Kier molecular flexibility index (Phi) is 3.90. The number of pyridine rings is 1. The molecule has 0 unspecified atom stereocenters. The molecule has 1 heterocycles. The van der Waals surface area contributed by atoms with Gasteiger partial charge in [-0.1, -0.05) is 60.1 Å². The van der Waals surface area contributed by atoms with Crippen molar-refractivity contribution in [3.05, 3.63) is 94.8 Å².